The summed E-state index contributed by atoms with van der Waals surface area (Å²) in [5.74, 6) is -0.459. The lowest BCUT2D eigenvalue weighted by Crippen LogP contribution is -2.17. The van der Waals surface area contributed by atoms with E-state index < -0.39 is 18.2 Å². The number of hydrogen-bond acceptors (Lipinski definition) is 4. The Morgan fingerprint density at radius 3 is 2.68 bits per heavy atom. The standard InChI is InChI=1S/C12H17F3N2OS/c1-7(3-4-19-2)17-10-6-11(18-12(14)15)8(13)5-9(10)16/h5-7,12,17H,3-4,16H2,1-2H3. The van der Waals surface area contributed by atoms with Gasteiger partial charge < -0.3 is 15.8 Å². The molecule has 0 fully saturated rings. The van der Waals surface area contributed by atoms with Gasteiger partial charge in [0, 0.05) is 18.2 Å². The molecule has 0 aliphatic heterocycles. The van der Waals surface area contributed by atoms with Crippen LogP contribution in [0.15, 0.2) is 12.1 Å². The molecular formula is C12H17F3N2OS. The van der Waals surface area contributed by atoms with Crippen LogP contribution in [0, 0.1) is 5.82 Å². The molecule has 1 unspecified atom stereocenters. The molecule has 1 aromatic carbocycles. The summed E-state index contributed by atoms with van der Waals surface area (Å²) in [7, 11) is 0. The number of halogens is 3. The molecule has 0 saturated heterocycles. The molecular weight excluding hydrogens is 277 g/mol. The van der Waals surface area contributed by atoms with E-state index in [1.165, 1.54) is 0 Å². The van der Waals surface area contributed by atoms with Crippen LogP contribution in [0.4, 0.5) is 24.5 Å². The van der Waals surface area contributed by atoms with Crippen molar-refractivity contribution < 1.29 is 17.9 Å². The normalized spacial score (nSPS) is 12.5. The monoisotopic (exact) mass is 294 g/mol. The van der Waals surface area contributed by atoms with E-state index in [0.29, 0.717) is 5.69 Å². The van der Waals surface area contributed by atoms with E-state index in [1.807, 2.05) is 13.2 Å². The molecule has 3 nitrogen and oxygen atoms in total. The molecule has 1 aromatic rings. The van der Waals surface area contributed by atoms with Gasteiger partial charge in [0.15, 0.2) is 11.6 Å². The lowest BCUT2D eigenvalue weighted by atomic mass is 10.2. The fourth-order valence-electron chi connectivity index (χ4n) is 1.51. The van der Waals surface area contributed by atoms with Gasteiger partial charge in [-0.1, -0.05) is 0 Å². The first-order chi connectivity index (χ1) is 8.93. The Labute approximate surface area is 114 Å². The Morgan fingerprint density at radius 1 is 1.42 bits per heavy atom. The van der Waals surface area contributed by atoms with E-state index in [9.17, 15) is 13.2 Å². The molecule has 0 spiro atoms. The van der Waals surface area contributed by atoms with Crippen LogP contribution in [0.3, 0.4) is 0 Å². The molecule has 19 heavy (non-hydrogen) atoms. The zero-order chi connectivity index (χ0) is 14.4. The summed E-state index contributed by atoms with van der Waals surface area (Å²) < 4.78 is 41.7. The van der Waals surface area contributed by atoms with Gasteiger partial charge in [0.1, 0.15) is 0 Å². The SMILES string of the molecule is CSCCC(C)Nc1cc(OC(F)F)c(F)cc1N. The number of nitrogens with two attached hydrogens (primary N) is 1. The summed E-state index contributed by atoms with van der Waals surface area (Å²) in [5, 5.41) is 3.06. The molecule has 0 saturated carbocycles. The van der Waals surface area contributed by atoms with Crippen molar-refractivity contribution in [2.45, 2.75) is 26.0 Å². The first-order valence-corrected chi connectivity index (χ1v) is 7.12. The van der Waals surface area contributed by atoms with Crippen molar-refractivity contribution in [2.24, 2.45) is 0 Å². The molecule has 0 amide bonds. The number of nitrogen functional groups attached to an aromatic ring is 1. The number of hydrogen-bond donors (Lipinski definition) is 2. The lowest BCUT2D eigenvalue weighted by Gasteiger charge is -2.17. The topological polar surface area (TPSA) is 47.3 Å². The number of thioether (sulfide) groups is 1. The molecule has 7 heteroatoms. The second kappa shape index (κ2) is 7.37. The average molecular weight is 294 g/mol. The Kier molecular flexibility index (Phi) is 6.14. The number of alkyl halides is 2. The highest BCUT2D eigenvalue weighted by atomic mass is 32.2. The van der Waals surface area contributed by atoms with E-state index in [4.69, 9.17) is 5.73 Å². The average Bonchev–Trinajstić information content (AvgIpc) is 2.32. The maximum Gasteiger partial charge on any atom is 0.387 e. The third-order valence-corrected chi connectivity index (χ3v) is 3.12. The third kappa shape index (κ3) is 5.10. The number of nitrogens with one attached hydrogen (secondary N) is 1. The van der Waals surface area contributed by atoms with Crippen molar-refractivity contribution in [1.82, 2.24) is 0 Å². The number of benzene rings is 1. The van der Waals surface area contributed by atoms with E-state index in [1.54, 1.807) is 11.8 Å². The minimum Gasteiger partial charge on any atom is -0.432 e. The van der Waals surface area contributed by atoms with E-state index in [-0.39, 0.29) is 11.7 Å². The van der Waals surface area contributed by atoms with Crippen LogP contribution in [0.25, 0.3) is 0 Å². The van der Waals surface area contributed by atoms with Crippen LogP contribution in [0.1, 0.15) is 13.3 Å². The van der Waals surface area contributed by atoms with E-state index >= 15 is 0 Å². The van der Waals surface area contributed by atoms with Crippen LogP contribution >= 0.6 is 11.8 Å². The van der Waals surface area contributed by atoms with E-state index in [2.05, 4.69) is 10.1 Å². The zero-order valence-electron chi connectivity index (χ0n) is 10.8. The molecule has 0 heterocycles. The second-order valence-electron chi connectivity index (χ2n) is 4.08. The Morgan fingerprint density at radius 2 is 2.11 bits per heavy atom. The predicted molar refractivity (Wildman–Crippen MR) is 73.5 cm³/mol. The highest BCUT2D eigenvalue weighted by Gasteiger charge is 2.14. The molecule has 1 rings (SSSR count). The van der Waals surface area contributed by atoms with Gasteiger partial charge in [0.2, 0.25) is 0 Å². The lowest BCUT2D eigenvalue weighted by molar-refractivity contribution is -0.0521. The molecule has 0 radical (unpaired) electrons. The summed E-state index contributed by atoms with van der Waals surface area (Å²) in [6.45, 7) is -1.13. The van der Waals surface area contributed by atoms with Gasteiger partial charge in [-0.05, 0) is 25.4 Å². The van der Waals surface area contributed by atoms with Gasteiger partial charge >= 0.3 is 6.61 Å². The van der Waals surface area contributed by atoms with Crippen molar-refractivity contribution in [1.29, 1.82) is 0 Å². The highest BCUT2D eigenvalue weighted by molar-refractivity contribution is 7.98. The minimum absolute atomic E-state index is 0.0969. The Bertz CT molecular complexity index is 418. The predicted octanol–water partition coefficient (Wildman–Crippen LogP) is 3.56. The second-order valence-corrected chi connectivity index (χ2v) is 5.06. The summed E-state index contributed by atoms with van der Waals surface area (Å²) in [6.07, 6.45) is 2.87. The number of rotatable bonds is 7. The van der Waals surface area contributed by atoms with Crippen LogP contribution in [-0.2, 0) is 0 Å². The van der Waals surface area contributed by atoms with Crippen molar-refractivity contribution in [2.75, 3.05) is 23.1 Å². The first-order valence-electron chi connectivity index (χ1n) is 5.73. The highest BCUT2D eigenvalue weighted by Crippen LogP contribution is 2.30. The van der Waals surface area contributed by atoms with Gasteiger partial charge in [0.25, 0.3) is 0 Å². The largest absolute Gasteiger partial charge is 0.432 e. The molecule has 1 atom stereocenters. The van der Waals surface area contributed by atoms with Crippen LogP contribution in [0.2, 0.25) is 0 Å². The maximum absolute atomic E-state index is 13.4. The maximum atomic E-state index is 13.4. The summed E-state index contributed by atoms with van der Waals surface area (Å²) in [5.41, 5.74) is 6.20. The van der Waals surface area contributed by atoms with Gasteiger partial charge in [-0.2, -0.15) is 20.5 Å². The van der Waals surface area contributed by atoms with Gasteiger partial charge in [-0.25, -0.2) is 4.39 Å². The van der Waals surface area contributed by atoms with Gasteiger partial charge in [-0.3, -0.25) is 0 Å². The van der Waals surface area contributed by atoms with Crippen molar-refractivity contribution >= 4 is 23.1 Å². The quantitative estimate of drug-likeness (QED) is 0.755. The Balaban J connectivity index is 2.82. The Hall–Kier alpha value is -1.24. The molecule has 108 valence electrons. The fraction of sp³-hybridized carbons (Fsp3) is 0.500. The summed E-state index contributed by atoms with van der Waals surface area (Å²) >= 11 is 1.70. The number of ether oxygens (including phenoxy) is 1. The van der Waals surface area contributed by atoms with Crippen LogP contribution < -0.4 is 15.8 Å². The molecule has 0 bridgehead atoms. The van der Waals surface area contributed by atoms with E-state index in [0.717, 1.165) is 24.3 Å². The zero-order valence-corrected chi connectivity index (χ0v) is 11.6. The molecule has 0 aromatic heterocycles. The minimum atomic E-state index is -3.07. The molecule has 0 aliphatic rings. The van der Waals surface area contributed by atoms with Crippen LogP contribution in [0.5, 0.6) is 5.75 Å². The van der Waals surface area contributed by atoms with Crippen molar-refractivity contribution in [3.05, 3.63) is 17.9 Å². The van der Waals surface area contributed by atoms with Crippen LogP contribution in [-0.4, -0.2) is 24.7 Å². The summed E-state index contributed by atoms with van der Waals surface area (Å²) in [4.78, 5) is 0. The number of anilines is 2. The van der Waals surface area contributed by atoms with Crippen molar-refractivity contribution in [3.63, 3.8) is 0 Å². The fourth-order valence-corrected chi connectivity index (χ4v) is 2.10. The molecule has 0 aliphatic carbocycles. The third-order valence-electron chi connectivity index (χ3n) is 2.48. The van der Waals surface area contributed by atoms with Gasteiger partial charge in [-0.15, -0.1) is 0 Å². The van der Waals surface area contributed by atoms with Gasteiger partial charge in [0.05, 0.1) is 11.4 Å². The summed E-state index contributed by atoms with van der Waals surface area (Å²) in [6, 6.07) is 2.23. The molecule has 3 N–H and O–H groups in total. The smallest absolute Gasteiger partial charge is 0.387 e. The van der Waals surface area contributed by atoms with Crippen molar-refractivity contribution in [3.8, 4) is 5.75 Å². The first kappa shape index (κ1) is 15.8.